The molecular weight excluding hydrogens is 336 g/mol. The zero-order valence-corrected chi connectivity index (χ0v) is 14.3. The van der Waals surface area contributed by atoms with Crippen LogP contribution in [0.4, 0.5) is 0 Å². The zero-order valence-electron chi connectivity index (χ0n) is 13.6. The van der Waals surface area contributed by atoms with Gasteiger partial charge in [-0.1, -0.05) is 29.8 Å². The number of hydrogen-bond acceptors (Lipinski definition) is 5. The number of aromatic nitrogens is 3. The summed E-state index contributed by atoms with van der Waals surface area (Å²) in [6.45, 7) is 0.787. The molecule has 0 aliphatic carbocycles. The highest BCUT2D eigenvalue weighted by Gasteiger charge is 2.07. The minimum absolute atomic E-state index is 0.532. The molecule has 128 valence electrons. The molecule has 2 aromatic heterocycles. The first-order chi connectivity index (χ1) is 12.2. The quantitative estimate of drug-likeness (QED) is 0.467. The molecule has 7 heteroatoms. The van der Waals surface area contributed by atoms with Crippen molar-refractivity contribution in [3.05, 3.63) is 77.5 Å². The molecule has 6 nitrogen and oxygen atoms in total. The summed E-state index contributed by atoms with van der Waals surface area (Å²) in [5.41, 5.74) is 12.4. The molecular formula is C18H19ClN6. The second-order valence-corrected chi connectivity index (χ2v) is 5.94. The summed E-state index contributed by atoms with van der Waals surface area (Å²) >= 11 is 6.20. The molecule has 5 N–H and O–H groups in total. The first-order valence-corrected chi connectivity index (χ1v) is 8.19. The third-order valence-electron chi connectivity index (χ3n) is 3.82. The predicted molar refractivity (Wildman–Crippen MR) is 100 cm³/mol. The Labute approximate surface area is 151 Å². The Bertz CT molecular complexity index is 887. The summed E-state index contributed by atoms with van der Waals surface area (Å²) in [6, 6.07) is 11.6. The van der Waals surface area contributed by atoms with Crippen LogP contribution in [-0.2, 0) is 13.0 Å². The molecule has 0 aliphatic heterocycles. The van der Waals surface area contributed by atoms with E-state index in [1.807, 2.05) is 47.2 Å². The van der Waals surface area contributed by atoms with Crippen molar-refractivity contribution in [3.63, 3.8) is 0 Å². The molecule has 0 atom stereocenters. The summed E-state index contributed by atoms with van der Waals surface area (Å²) in [5.74, 6) is 5.26. The molecule has 0 bridgehead atoms. The summed E-state index contributed by atoms with van der Waals surface area (Å²) < 4.78 is 2.02. The molecule has 0 saturated carbocycles. The van der Waals surface area contributed by atoms with E-state index in [0.29, 0.717) is 5.70 Å². The molecule has 0 radical (unpaired) electrons. The van der Waals surface area contributed by atoms with Crippen LogP contribution in [0.2, 0.25) is 5.02 Å². The lowest BCUT2D eigenvalue weighted by Gasteiger charge is -2.05. The van der Waals surface area contributed by atoms with Crippen molar-refractivity contribution in [2.45, 2.75) is 13.0 Å². The van der Waals surface area contributed by atoms with Gasteiger partial charge >= 0.3 is 0 Å². The molecule has 3 aromatic rings. The molecule has 1 aromatic carbocycles. The fourth-order valence-corrected chi connectivity index (χ4v) is 2.72. The van der Waals surface area contributed by atoms with Gasteiger partial charge < -0.3 is 15.7 Å². The van der Waals surface area contributed by atoms with Gasteiger partial charge in [0.25, 0.3) is 0 Å². The van der Waals surface area contributed by atoms with Crippen molar-refractivity contribution in [2.24, 2.45) is 11.6 Å². The van der Waals surface area contributed by atoms with Crippen LogP contribution < -0.4 is 17.0 Å². The largest absolute Gasteiger partial charge is 0.397 e. The Morgan fingerprint density at radius 2 is 2.04 bits per heavy atom. The van der Waals surface area contributed by atoms with E-state index in [4.69, 9.17) is 23.2 Å². The molecule has 0 spiro atoms. The second kappa shape index (κ2) is 7.83. The SMILES string of the molecule is NN/C=C(\N)c1ccnc(-c2cn(CCc3ccccc3Cl)cn2)c1. The van der Waals surface area contributed by atoms with Crippen LogP contribution in [0.15, 0.2) is 61.3 Å². The van der Waals surface area contributed by atoms with E-state index < -0.39 is 0 Å². The van der Waals surface area contributed by atoms with Gasteiger partial charge in [-0.3, -0.25) is 10.8 Å². The first-order valence-electron chi connectivity index (χ1n) is 7.81. The predicted octanol–water partition coefficient (Wildman–Crippen LogP) is 2.56. The van der Waals surface area contributed by atoms with Gasteiger partial charge in [-0.2, -0.15) is 0 Å². The minimum atomic E-state index is 0.532. The van der Waals surface area contributed by atoms with E-state index in [9.17, 15) is 0 Å². The molecule has 0 aliphatic rings. The Balaban J connectivity index is 1.74. The molecule has 0 unspecified atom stereocenters. The van der Waals surface area contributed by atoms with Crippen molar-refractivity contribution >= 4 is 17.3 Å². The number of nitrogens with zero attached hydrogens (tertiary/aromatic N) is 3. The Morgan fingerprint density at radius 1 is 1.20 bits per heavy atom. The highest BCUT2D eigenvalue weighted by Crippen LogP contribution is 2.19. The first kappa shape index (κ1) is 17.0. The third-order valence-corrected chi connectivity index (χ3v) is 4.19. The number of pyridine rings is 1. The van der Waals surface area contributed by atoms with E-state index >= 15 is 0 Å². The average Bonchev–Trinajstić information content (AvgIpc) is 3.10. The van der Waals surface area contributed by atoms with Gasteiger partial charge in [0.05, 0.1) is 17.7 Å². The Kier molecular flexibility index (Phi) is 5.33. The standard InChI is InChI=1S/C18H19ClN6/c19-15-4-2-1-3-13(15)6-8-25-11-18(23-12-25)17-9-14(5-7-22-17)16(20)10-24-21/h1-5,7,9-12,24H,6,8,20-21H2/b16-10-. The van der Waals surface area contributed by atoms with Gasteiger partial charge in [0.2, 0.25) is 0 Å². The van der Waals surface area contributed by atoms with Gasteiger partial charge in [0, 0.05) is 35.7 Å². The number of hydrogen-bond donors (Lipinski definition) is 3. The van der Waals surface area contributed by atoms with Crippen molar-refractivity contribution in [2.75, 3.05) is 0 Å². The number of halogens is 1. The maximum atomic E-state index is 6.20. The van der Waals surface area contributed by atoms with Gasteiger partial charge in [0.1, 0.15) is 5.69 Å². The number of imidazole rings is 1. The number of benzene rings is 1. The van der Waals surface area contributed by atoms with Gasteiger partial charge in [-0.15, -0.1) is 0 Å². The number of nitrogens with two attached hydrogens (primary N) is 2. The maximum Gasteiger partial charge on any atom is 0.107 e. The molecule has 3 rings (SSSR count). The van der Waals surface area contributed by atoms with Crippen LogP contribution in [0, 0.1) is 0 Å². The van der Waals surface area contributed by atoms with E-state index in [1.165, 1.54) is 6.20 Å². The lowest BCUT2D eigenvalue weighted by molar-refractivity contribution is 0.696. The van der Waals surface area contributed by atoms with Crippen LogP contribution in [0.25, 0.3) is 17.1 Å². The Hall–Kier alpha value is -2.83. The normalized spacial score (nSPS) is 11.5. The molecule has 2 heterocycles. The number of rotatable bonds is 6. The van der Waals surface area contributed by atoms with E-state index in [1.54, 1.807) is 12.5 Å². The van der Waals surface area contributed by atoms with Crippen molar-refractivity contribution in [3.8, 4) is 11.4 Å². The summed E-state index contributed by atoms with van der Waals surface area (Å²) in [4.78, 5) is 8.80. The van der Waals surface area contributed by atoms with Crippen molar-refractivity contribution < 1.29 is 0 Å². The van der Waals surface area contributed by atoms with Gasteiger partial charge in [0.15, 0.2) is 0 Å². The van der Waals surface area contributed by atoms with Crippen molar-refractivity contribution in [1.29, 1.82) is 0 Å². The Morgan fingerprint density at radius 3 is 2.84 bits per heavy atom. The fraction of sp³-hybridized carbons (Fsp3) is 0.111. The number of nitrogens with one attached hydrogen (secondary N) is 1. The highest BCUT2D eigenvalue weighted by molar-refractivity contribution is 6.31. The molecule has 25 heavy (non-hydrogen) atoms. The van der Waals surface area contributed by atoms with Crippen LogP contribution in [0.3, 0.4) is 0 Å². The van der Waals surface area contributed by atoms with Crippen LogP contribution in [-0.4, -0.2) is 14.5 Å². The van der Waals surface area contributed by atoms with Crippen molar-refractivity contribution in [1.82, 2.24) is 20.0 Å². The topological polar surface area (TPSA) is 94.8 Å². The number of aryl methyl sites for hydroxylation is 2. The monoisotopic (exact) mass is 354 g/mol. The highest BCUT2D eigenvalue weighted by atomic mass is 35.5. The average molecular weight is 355 g/mol. The smallest absolute Gasteiger partial charge is 0.107 e. The third kappa shape index (κ3) is 4.17. The summed E-state index contributed by atoms with van der Waals surface area (Å²) in [6.07, 6.45) is 7.82. The van der Waals surface area contributed by atoms with Crippen LogP contribution in [0.1, 0.15) is 11.1 Å². The summed E-state index contributed by atoms with van der Waals surface area (Å²) in [7, 11) is 0. The van der Waals surface area contributed by atoms with E-state index in [0.717, 1.165) is 40.5 Å². The van der Waals surface area contributed by atoms with Crippen LogP contribution >= 0.6 is 11.6 Å². The lowest BCUT2D eigenvalue weighted by atomic mass is 10.1. The maximum absolute atomic E-state index is 6.20. The van der Waals surface area contributed by atoms with Gasteiger partial charge in [-0.25, -0.2) is 4.98 Å². The van der Waals surface area contributed by atoms with Gasteiger partial charge in [-0.05, 0) is 30.2 Å². The fourth-order valence-electron chi connectivity index (χ4n) is 2.49. The van der Waals surface area contributed by atoms with E-state index in [2.05, 4.69) is 15.4 Å². The lowest BCUT2D eigenvalue weighted by Crippen LogP contribution is -2.16. The second-order valence-electron chi connectivity index (χ2n) is 5.53. The van der Waals surface area contributed by atoms with Crippen LogP contribution in [0.5, 0.6) is 0 Å². The molecule has 0 saturated heterocycles. The minimum Gasteiger partial charge on any atom is -0.397 e. The summed E-state index contributed by atoms with van der Waals surface area (Å²) in [5, 5.41) is 0.785. The molecule has 0 fully saturated rings. The zero-order chi connectivity index (χ0) is 17.6. The van der Waals surface area contributed by atoms with E-state index in [-0.39, 0.29) is 0 Å². The molecule has 0 amide bonds. The number of hydrazine groups is 1.